The Bertz CT molecular complexity index is 547. The number of hydrogen-bond acceptors (Lipinski definition) is 6. The van der Waals surface area contributed by atoms with Crippen LogP contribution in [0.1, 0.15) is 87.0 Å². The molecule has 1 unspecified atom stereocenters. The van der Waals surface area contributed by atoms with Gasteiger partial charge >= 0.3 is 5.97 Å². The van der Waals surface area contributed by atoms with Crippen LogP contribution in [0.4, 0.5) is 0 Å². The fourth-order valence-corrected chi connectivity index (χ4v) is 3.52. The second-order valence-corrected chi connectivity index (χ2v) is 6.58. The number of carbonyl (C=O) groups is 2. The number of nitrogens with one attached hydrogen (secondary N) is 1. The first-order valence-corrected chi connectivity index (χ1v) is 9.15. The molecule has 140 valence electrons. The van der Waals surface area contributed by atoms with Gasteiger partial charge in [-0.2, -0.15) is 0 Å². The Labute approximate surface area is 148 Å². The molecule has 1 fully saturated rings. The average Bonchev–Trinajstić information content (AvgIpc) is 3.08. The molecule has 1 aliphatic rings. The summed E-state index contributed by atoms with van der Waals surface area (Å²) in [6, 6.07) is -0.827. The van der Waals surface area contributed by atoms with Gasteiger partial charge in [-0.1, -0.05) is 44.9 Å². The number of aliphatic hydroxyl groups is 1. The van der Waals surface area contributed by atoms with Crippen LogP contribution in [0, 0.1) is 0 Å². The molecule has 7 heteroatoms. The lowest BCUT2D eigenvalue weighted by Crippen LogP contribution is -2.44. The number of hydrogen-bond donors (Lipinski definition) is 2. The van der Waals surface area contributed by atoms with E-state index in [4.69, 9.17) is 9.15 Å². The van der Waals surface area contributed by atoms with E-state index >= 15 is 0 Å². The zero-order valence-corrected chi connectivity index (χ0v) is 14.8. The lowest BCUT2D eigenvalue weighted by Gasteiger charge is -2.35. The van der Waals surface area contributed by atoms with E-state index in [0.29, 0.717) is 19.3 Å². The molecule has 2 rings (SSSR count). The van der Waals surface area contributed by atoms with Crippen LogP contribution in [0.2, 0.25) is 0 Å². The van der Waals surface area contributed by atoms with E-state index < -0.39 is 17.6 Å². The normalized spacial score (nSPS) is 19.6. The topological polar surface area (TPSA) is 102 Å². The van der Waals surface area contributed by atoms with Gasteiger partial charge in [0.15, 0.2) is 17.8 Å². The Balaban J connectivity index is 2.29. The van der Waals surface area contributed by atoms with Gasteiger partial charge < -0.3 is 19.6 Å². The lowest BCUT2D eigenvalue weighted by molar-refractivity contribution is -0.113. The van der Waals surface area contributed by atoms with Crippen molar-refractivity contribution in [2.75, 3.05) is 6.61 Å². The monoisotopic (exact) mass is 352 g/mol. The van der Waals surface area contributed by atoms with Crippen molar-refractivity contribution in [2.24, 2.45) is 0 Å². The molecule has 1 saturated carbocycles. The Morgan fingerprint density at radius 3 is 2.48 bits per heavy atom. The molecule has 0 bridgehead atoms. The van der Waals surface area contributed by atoms with Crippen LogP contribution in [0.25, 0.3) is 0 Å². The highest BCUT2D eigenvalue weighted by Crippen LogP contribution is 2.37. The Morgan fingerprint density at radius 2 is 1.92 bits per heavy atom. The van der Waals surface area contributed by atoms with Gasteiger partial charge in [0.25, 0.3) is 0 Å². The predicted octanol–water partition coefficient (Wildman–Crippen LogP) is 2.89. The van der Waals surface area contributed by atoms with Crippen molar-refractivity contribution in [3.8, 4) is 0 Å². The second kappa shape index (κ2) is 9.56. The molecule has 0 aliphatic heterocycles. The van der Waals surface area contributed by atoms with Crippen molar-refractivity contribution in [1.29, 1.82) is 0 Å². The van der Waals surface area contributed by atoms with E-state index in [1.807, 2.05) is 0 Å². The molecule has 25 heavy (non-hydrogen) atoms. The third-order valence-corrected chi connectivity index (χ3v) is 4.82. The molecule has 0 radical (unpaired) electrons. The van der Waals surface area contributed by atoms with Gasteiger partial charge in [0.1, 0.15) is 6.04 Å². The summed E-state index contributed by atoms with van der Waals surface area (Å²) in [7, 11) is 0. The summed E-state index contributed by atoms with van der Waals surface area (Å²) in [6.07, 6.45) is 10.0. The van der Waals surface area contributed by atoms with E-state index in [0.717, 1.165) is 44.9 Å². The maximum absolute atomic E-state index is 12.1. The van der Waals surface area contributed by atoms with Crippen LogP contribution in [-0.4, -0.2) is 34.7 Å². The molecule has 0 saturated heterocycles. The number of ether oxygens (including phenoxy) is 1. The van der Waals surface area contributed by atoms with Gasteiger partial charge in [0.05, 0.1) is 12.2 Å². The highest BCUT2D eigenvalue weighted by atomic mass is 16.5. The number of aromatic nitrogens is 1. The number of rotatable bonds is 6. The molecule has 0 spiro atoms. The van der Waals surface area contributed by atoms with Crippen molar-refractivity contribution in [3.05, 3.63) is 17.8 Å². The third-order valence-electron chi connectivity index (χ3n) is 4.82. The summed E-state index contributed by atoms with van der Waals surface area (Å²) >= 11 is 0. The zero-order chi connectivity index (χ0) is 18.1. The van der Waals surface area contributed by atoms with Crippen molar-refractivity contribution in [3.63, 3.8) is 0 Å². The minimum atomic E-state index is -1.18. The SMILES string of the molecule is CCOC(=O)c1ncoc1C(NC=O)C1(O)CCCCCCCCC1. The number of carbonyl (C=O) groups excluding carboxylic acids is 2. The molecular weight excluding hydrogens is 324 g/mol. The summed E-state index contributed by atoms with van der Waals surface area (Å²) in [5.74, 6) is -0.461. The van der Waals surface area contributed by atoms with E-state index in [1.165, 1.54) is 6.42 Å². The van der Waals surface area contributed by atoms with Crippen molar-refractivity contribution in [2.45, 2.75) is 76.4 Å². The molecular formula is C18H28N2O5. The molecule has 2 N–H and O–H groups in total. The number of amides is 1. The van der Waals surface area contributed by atoms with E-state index in [9.17, 15) is 14.7 Å². The fourth-order valence-electron chi connectivity index (χ4n) is 3.52. The third kappa shape index (κ3) is 5.04. The molecule has 1 heterocycles. The highest BCUT2D eigenvalue weighted by Gasteiger charge is 2.41. The van der Waals surface area contributed by atoms with Gasteiger partial charge in [-0.3, -0.25) is 4.79 Å². The minimum absolute atomic E-state index is 0.00622. The standard InChI is InChI=1S/C18H28N2O5/c1-2-24-17(22)14-15(25-13-20-14)16(19-12-21)18(23)10-8-6-4-3-5-7-9-11-18/h12-13,16,23H,2-11H2,1H3,(H,19,21). The lowest BCUT2D eigenvalue weighted by atomic mass is 9.81. The van der Waals surface area contributed by atoms with Crippen LogP contribution < -0.4 is 5.32 Å². The molecule has 1 amide bonds. The molecule has 1 aliphatic carbocycles. The fraction of sp³-hybridized carbons (Fsp3) is 0.722. The van der Waals surface area contributed by atoms with Crippen LogP contribution in [-0.2, 0) is 9.53 Å². The van der Waals surface area contributed by atoms with Crippen LogP contribution in [0.15, 0.2) is 10.8 Å². The van der Waals surface area contributed by atoms with Crippen molar-refractivity contribution >= 4 is 12.4 Å². The molecule has 0 aromatic carbocycles. The Hall–Kier alpha value is -1.89. The first-order valence-electron chi connectivity index (χ1n) is 9.15. The number of oxazole rings is 1. The second-order valence-electron chi connectivity index (χ2n) is 6.58. The summed E-state index contributed by atoms with van der Waals surface area (Å²) in [5, 5.41) is 14.0. The van der Waals surface area contributed by atoms with Crippen molar-refractivity contribution in [1.82, 2.24) is 10.3 Å². The van der Waals surface area contributed by atoms with Crippen molar-refractivity contribution < 1.29 is 23.8 Å². The average molecular weight is 352 g/mol. The summed E-state index contributed by atoms with van der Waals surface area (Å²) in [6.45, 7) is 1.91. The summed E-state index contributed by atoms with van der Waals surface area (Å²) in [4.78, 5) is 27.2. The van der Waals surface area contributed by atoms with Crippen LogP contribution in [0.5, 0.6) is 0 Å². The Morgan fingerprint density at radius 1 is 1.32 bits per heavy atom. The zero-order valence-electron chi connectivity index (χ0n) is 14.8. The quantitative estimate of drug-likeness (QED) is 0.603. The minimum Gasteiger partial charge on any atom is -0.461 e. The first-order chi connectivity index (χ1) is 12.1. The predicted molar refractivity (Wildman–Crippen MR) is 90.9 cm³/mol. The number of nitrogens with zero attached hydrogens (tertiary/aromatic N) is 1. The smallest absolute Gasteiger partial charge is 0.360 e. The van der Waals surface area contributed by atoms with E-state index in [-0.39, 0.29) is 18.1 Å². The molecule has 1 atom stereocenters. The Kier molecular flexibility index (Phi) is 7.43. The maximum atomic E-state index is 12.1. The van der Waals surface area contributed by atoms with E-state index in [2.05, 4.69) is 10.3 Å². The molecule has 1 aromatic heterocycles. The largest absolute Gasteiger partial charge is 0.461 e. The van der Waals surface area contributed by atoms with E-state index in [1.54, 1.807) is 6.92 Å². The molecule has 7 nitrogen and oxygen atoms in total. The van der Waals surface area contributed by atoms with Gasteiger partial charge in [0.2, 0.25) is 6.41 Å². The number of esters is 1. The van der Waals surface area contributed by atoms with Gasteiger partial charge in [-0.05, 0) is 19.8 Å². The van der Waals surface area contributed by atoms with Gasteiger partial charge in [0, 0.05) is 0 Å². The summed E-state index contributed by atoms with van der Waals surface area (Å²) in [5.41, 5.74) is -1.18. The maximum Gasteiger partial charge on any atom is 0.360 e. The summed E-state index contributed by atoms with van der Waals surface area (Å²) < 4.78 is 10.4. The van der Waals surface area contributed by atoms with Gasteiger partial charge in [-0.25, -0.2) is 9.78 Å². The van der Waals surface area contributed by atoms with Crippen LogP contribution in [0.3, 0.4) is 0 Å². The molecule has 1 aromatic rings. The highest BCUT2D eigenvalue weighted by molar-refractivity contribution is 5.88. The first kappa shape index (κ1) is 19.4. The van der Waals surface area contributed by atoms with Gasteiger partial charge in [-0.15, -0.1) is 0 Å². The van der Waals surface area contributed by atoms with Crippen LogP contribution >= 0.6 is 0 Å².